The average molecular weight is 363 g/mol. The molecule has 1 aromatic carbocycles. The van der Waals surface area contributed by atoms with Crippen LogP contribution in [0.5, 0.6) is 5.88 Å². The Morgan fingerprint density at radius 2 is 1.93 bits per heavy atom. The third kappa shape index (κ3) is 4.25. The number of carbonyl (C=O) groups is 1. The second kappa shape index (κ2) is 8.35. The van der Waals surface area contributed by atoms with Crippen molar-refractivity contribution in [2.45, 2.75) is 19.4 Å². The number of nitrogens with zero attached hydrogens (tertiary/aromatic N) is 5. The predicted octanol–water partition coefficient (Wildman–Crippen LogP) is 2.65. The van der Waals surface area contributed by atoms with Gasteiger partial charge in [0.25, 0.3) is 5.91 Å². The number of aromatic nitrogens is 4. The van der Waals surface area contributed by atoms with Gasteiger partial charge in [-0.1, -0.05) is 12.1 Å². The summed E-state index contributed by atoms with van der Waals surface area (Å²) in [7, 11) is 3.34. The summed E-state index contributed by atoms with van der Waals surface area (Å²) in [5, 5.41) is 0. The van der Waals surface area contributed by atoms with Gasteiger partial charge in [-0.05, 0) is 19.1 Å². The third-order valence-corrected chi connectivity index (χ3v) is 4.34. The quantitative estimate of drug-likeness (QED) is 0.670. The van der Waals surface area contributed by atoms with E-state index in [2.05, 4.69) is 19.9 Å². The molecule has 0 aliphatic heterocycles. The number of hydrogen-bond donors (Lipinski definition) is 0. The normalized spacial score (nSPS) is 11.7. The highest BCUT2D eigenvalue weighted by Gasteiger charge is 2.19. The van der Waals surface area contributed by atoms with Crippen LogP contribution in [-0.2, 0) is 6.42 Å². The number of amides is 1. The maximum Gasteiger partial charge on any atom is 0.253 e. The summed E-state index contributed by atoms with van der Waals surface area (Å²) in [4.78, 5) is 31.5. The molecule has 138 valence electrons. The minimum absolute atomic E-state index is 0.0242. The lowest BCUT2D eigenvalue weighted by Gasteiger charge is -2.25. The van der Waals surface area contributed by atoms with Gasteiger partial charge in [0, 0.05) is 61.6 Å². The van der Waals surface area contributed by atoms with Crippen molar-refractivity contribution >= 4 is 5.91 Å². The summed E-state index contributed by atoms with van der Waals surface area (Å²) in [5.74, 6) is 0.350. The Kier molecular flexibility index (Phi) is 5.71. The van der Waals surface area contributed by atoms with E-state index in [1.165, 1.54) is 0 Å². The lowest BCUT2D eigenvalue weighted by atomic mass is 10.1. The smallest absolute Gasteiger partial charge is 0.253 e. The average Bonchev–Trinajstić information content (AvgIpc) is 2.73. The van der Waals surface area contributed by atoms with Crippen molar-refractivity contribution in [1.29, 1.82) is 0 Å². The van der Waals surface area contributed by atoms with Gasteiger partial charge in [0.15, 0.2) is 0 Å². The Hall–Kier alpha value is -3.35. The third-order valence-electron chi connectivity index (χ3n) is 4.34. The minimum atomic E-state index is -0.0731. The van der Waals surface area contributed by atoms with Crippen molar-refractivity contribution < 1.29 is 9.53 Å². The zero-order chi connectivity index (χ0) is 19.2. The molecular formula is C20H21N5O2. The van der Waals surface area contributed by atoms with Crippen LogP contribution in [0.15, 0.2) is 55.2 Å². The van der Waals surface area contributed by atoms with E-state index in [0.29, 0.717) is 23.6 Å². The monoisotopic (exact) mass is 363 g/mol. The van der Waals surface area contributed by atoms with Gasteiger partial charge in [0.1, 0.15) is 5.69 Å². The van der Waals surface area contributed by atoms with Crippen LogP contribution in [-0.4, -0.2) is 50.9 Å². The molecule has 0 aliphatic rings. The van der Waals surface area contributed by atoms with Crippen molar-refractivity contribution in [1.82, 2.24) is 24.8 Å². The van der Waals surface area contributed by atoms with E-state index in [0.717, 1.165) is 11.3 Å². The molecule has 27 heavy (non-hydrogen) atoms. The molecule has 0 unspecified atom stereocenters. The van der Waals surface area contributed by atoms with Gasteiger partial charge in [-0.15, -0.1) is 0 Å². The van der Waals surface area contributed by atoms with Crippen molar-refractivity contribution in [3.05, 3.63) is 66.5 Å². The first-order chi connectivity index (χ1) is 13.1. The molecule has 3 aromatic rings. The van der Waals surface area contributed by atoms with Crippen LogP contribution in [0.4, 0.5) is 0 Å². The molecule has 0 saturated carbocycles. The van der Waals surface area contributed by atoms with Gasteiger partial charge in [-0.25, -0.2) is 9.97 Å². The molecule has 0 spiro atoms. The van der Waals surface area contributed by atoms with Crippen LogP contribution in [0.3, 0.4) is 0 Å². The first-order valence-electron chi connectivity index (χ1n) is 8.57. The molecule has 0 N–H and O–H groups in total. The highest BCUT2D eigenvalue weighted by atomic mass is 16.5. The summed E-state index contributed by atoms with van der Waals surface area (Å²) in [6.07, 6.45) is 8.81. The van der Waals surface area contributed by atoms with Crippen LogP contribution in [0.1, 0.15) is 23.0 Å². The zero-order valence-corrected chi connectivity index (χ0v) is 15.5. The SMILES string of the molecule is COc1nccnc1-c1cccc(C(=O)N(C)[C@@H](C)Cc2cnccn2)c1. The number of methoxy groups -OCH3 is 1. The molecule has 1 atom stereocenters. The molecule has 2 aromatic heterocycles. The second-order valence-corrected chi connectivity index (χ2v) is 6.16. The fourth-order valence-electron chi connectivity index (χ4n) is 2.75. The number of hydrogen-bond acceptors (Lipinski definition) is 6. The van der Waals surface area contributed by atoms with E-state index in [4.69, 9.17) is 4.74 Å². The van der Waals surface area contributed by atoms with E-state index < -0.39 is 0 Å². The molecular weight excluding hydrogens is 342 g/mol. The lowest BCUT2D eigenvalue weighted by Crippen LogP contribution is -2.36. The van der Waals surface area contributed by atoms with Crippen molar-refractivity contribution in [2.24, 2.45) is 0 Å². The zero-order valence-electron chi connectivity index (χ0n) is 15.5. The number of likely N-dealkylation sites (N-methyl/N-ethyl adjacent to an activating group) is 1. The van der Waals surface area contributed by atoms with Crippen LogP contribution in [0.2, 0.25) is 0 Å². The van der Waals surface area contributed by atoms with Gasteiger partial charge in [0.05, 0.1) is 12.8 Å². The molecule has 0 radical (unpaired) electrons. The molecule has 7 heteroatoms. The van der Waals surface area contributed by atoms with Crippen molar-refractivity contribution in [3.8, 4) is 17.1 Å². The molecule has 0 bridgehead atoms. The summed E-state index contributed by atoms with van der Waals surface area (Å²) in [6.45, 7) is 1.99. The number of rotatable bonds is 6. The van der Waals surface area contributed by atoms with Gasteiger partial charge < -0.3 is 9.64 Å². The molecule has 0 fully saturated rings. The van der Waals surface area contributed by atoms with Gasteiger partial charge in [-0.3, -0.25) is 14.8 Å². The molecule has 2 heterocycles. The maximum atomic E-state index is 12.9. The van der Waals surface area contributed by atoms with Crippen LogP contribution in [0, 0.1) is 0 Å². The molecule has 1 amide bonds. The van der Waals surface area contributed by atoms with E-state index >= 15 is 0 Å². The van der Waals surface area contributed by atoms with Crippen LogP contribution < -0.4 is 4.74 Å². The topological polar surface area (TPSA) is 81.1 Å². The Labute approximate surface area is 158 Å². The first-order valence-corrected chi connectivity index (χ1v) is 8.57. The minimum Gasteiger partial charge on any atom is -0.479 e. The Balaban J connectivity index is 1.80. The molecule has 3 rings (SSSR count). The van der Waals surface area contributed by atoms with E-state index in [-0.39, 0.29) is 11.9 Å². The van der Waals surface area contributed by atoms with Gasteiger partial charge in [0.2, 0.25) is 5.88 Å². The van der Waals surface area contributed by atoms with Crippen LogP contribution in [0.25, 0.3) is 11.3 Å². The van der Waals surface area contributed by atoms with E-state index in [9.17, 15) is 4.79 Å². The second-order valence-electron chi connectivity index (χ2n) is 6.16. The summed E-state index contributed by atoms with van der Waals surface area (Å²) < 4.78 is 5.27. The predicted molar refractivity (Wildman–Crippen MR) is 101 cm³/mol. The van der Waals surface area contributed by atoms with Gasteiger partial charge in [-0.2, -0.15) is 0 Å². The highest BCUT2D eigenvalue weighted by Crippen LogP contribution is 2.26. The maximum absolute atomic E-state index is 12.9. The summed E-state index contributed by atoms with van der Waals surface area (Å²) in [6, 6.07) is 7.29. The van der Waals surface area contributed by atoms with E-state index in [1.54, 1.807) is 62.2 Å². The molecule has 0 saturated heterocycles. The highest BCUT2D eigenvalue weighted by molar-refractivity contribution is 5.95. The van der Waals surface area contributed by atoms with Crippen LogP contribution >= 0.6 is 0 Å². The fraction of sp³-hybridized carbons (Fsp3) is 0.250. The summed E-state index contributed by atoms with van der Waals surface area (Å²) in [5.41, 5.74) is 2.81. The number of benzene rings is 1. The van der Waals surface area contributed by atoms with Gasteiger partial charge >= 0.3 is 0 Å². The first kappa shape index (κ1) is 18.4. The summed E-state index contributed by atoms with van der Waals surface area (Å²) >= 11 is 0. The lowest BCUT2D eigenvalue weighted by molar-refractivity contribution is 0.0743. The molecule has 0 aliphatic carbocycles. The van der Waals surface area contributed by atoms with Crippen molar-refractivity contribution in [3.63, 3.8) is 0 Å². The number of carbonyl (C=O) groups excluding carboxylic acids is 1. The standard InChI is InChI=1S/C20H21N5O2/c1-14(11-17-13-21-7-8-22-17)25(2)20(26)16-6-4-5-15(12-16)18-19(27-3)24-10-9-23-18/h4-10,12-14H,11H2,1-3H3/t14-/m0/s1. The fourth-order valence-corrected chi connectivity index (χ4v) is 2.75. The Bertz CT molecular complexity index is 917. The molecule has 7 nitrogen and oxygen atoms in total. The van der Waals surface area contributed by atoms with Crippen molar-refractivity contribution in [2.75, 3.05) is 14.2 Å². The largest absolute Gasteiger partial charge is 0.479 e. The van der Waals surface area contributed by atoms with E-state index in [1.807, 2.05) is 19.1 Å². The number of ether oxygens (including phenoxy) is 1. The Morgan fingerprint density at radius 3 is 2.67 bits per heavy atom. The Morgan fingerprint density at radius 1 is 1.15 bits per heavy atom.